The summed E-state index contributed by atoms with van der Waals surface area (Å²) in [6, 6.07) is -0.291. The molecule has 0 aromatic carbocycles. The van der Waals surface area contributed by atoms with Gasteiger partial charge in [0.1, 0.15) is 5.00 Å². The number of aryl methyl sites for hydroxylation is 2. The number of thiazole rings is 1. The number of nitrogens with one attached hydrogen (secondary N) is 2. The SMILES string of the molecule is Cc1ncsc1NC(=O)Nc1cnn(C)c1. The molecule has 0 aliphatic heterocycles. The van der Waals surface area contributed by atoms with E-state index in [0.29, 0.717) is 5.69 Å². The molecule has 0 saturated carbocycles. The van der Waals surface area contributed by atoms with Crippen molar-refractivity contribution >= 4 is 28.1 Å². The Morgan fingerprint density at radius 1 is 1.50 bits per heavy atom. The Balaban J connectivity index is 1.97. The van der Waals surface area contributed by atoms with E-state index in [9.17, 15) is 4.79 Å². The molecule has 0 atom stereocenters. The van der Waals surface area contributed by atoms with Gasteiger partial charge in [-0.3, -0.25) is 10.00 Å². The maximum absolute atomic E-state index is 11.6. The second-order valence-electron chi connectivity index (χ2n) is 3.25. The van der Waals surface area contributed by atoms with E-state index < -0.39 is 0 Å². The number of amides is 2. The first kappa shape index (κ1) is 10.6. The van der Waals surface area contributed by atoms with Gasteiger partial charge in [-0.1, -0.05) is 0 Å². The van der Waals surface area contributed by atoms with Gasteiger partial charge in [0.05, 0.1) is 23.1 Å². The van der Waals surface area contributed by atoms with Crippen LogP contribution in [0.4, 0.5) is 15.5 Å². The monoisotopic (exact) mass is 237 g/mol. The maximum atomic E-state index is 11.6. The zero-order chi connectivity index (χ0) is 11.5. The van der Waals surface area contributed by atoms with Gasteiger partial charge < -0.3 is 5.32 Å². The predicted molar refractivity (Wildman–Crippen MR) is 62.7 cm³/mol. The van der Waals surface area contributed by atoms with Crippen molar-refractivity contribution in [2.75, 3.05) is 10.6 Å². The standard InChI is InChI=1S/C9H11N5OS/c1-6-8(16-5-10-6)13-9(15)12-7-3-11-14(2)4-7/h3-5H,1-2H3,(H2,12,13,15). The molecule has 0 aliphatic rings. The van der Waals surface area contributed by atoms with Gasteiger partial charge in [0, 0.05) is 13.2 Å². The van der Waals surface area contributed by atoms with Gasteiger partial charge in [-0.2, -0.15) is 5.10 Å². The van der Waals surface area contributed by atoms with Gasteiger partial charge >= 0.3 is 6.03 Å². The van der Waals surface area contributed by atoms with Crippen molar-refractivity contribution in [1.29, 1.82) is 0 Å². The molecule has 0 saturated heterocycles. The zero-order valence-corrected chi connectivity index (χ0v) is 9.71. The third-order valence-electron chi connectivity index (χ3n) is 1.94. The van der Waals surface area contributed by atoms with Crippen LogP contribution < -0.4 is 10.6 Å². The van der Waals surface area contributed by atoms with E-state index >= 15 is 0 Å². The minimum absolute atomic E-state index is 0.291. The lowest BCUT2D eigenvalue weighted by atomic mass is 10.5. The fourth-order valence-electron chi connectivity index (χ4n) is 1.17. The van der Waals surface area contributed by atoms with Gasteiger partial charge in [0.15, 0.2) is 0 Å². The minimum atomic E-state index is -0.291. The summed E-state index contributed by atoms with van der Waals surface area (Å²) in [7, 11) is 1.79. The smallest absolute Gasteiger partial charge is 0.305 e. The lowest BCUT2D eigenvalue weighted by molar-refractivity contribution is 0.262. The highest BCUT2D eigenvalue weighted by Crippen LogP contribution is 2.18. The van der Waals surface area contributed by atoms with Crippen LogP contribution in [0.1, 0.15) is 5.69 Å². The number of rotatable bonds is 2. The first-order chi connectivity index (χ1) is 7.65. The van der Waals surface area contributed by atoms with Crippen LogP contribution >= 0.6 is 11.3 Å². The van der Waals surface area contributed by atoms with Crippen LogP contribution in [0.5, 0.6) is 0 Å². The molecule has 0 aliphatic carbocycles. The van der Waals surface area contributed by atoms with E-state index in [1.165, 1.54) is 11.3 Å². The van der Waals surface area contributed by atoms with E-state index in [2.05, 4.69) is 20.7 Å². The summed E-state index contributed by atoms with van der Waals surface area (Å²) in [4.78, 5) is 15.6. The van der Waals surface area contributed by atoms with Gasteiger partial charge in [-0.25, -0.2) is 9.78 Å². The number of hydrogen-bond acceptors (Lipinski definition) is 4. The van der Waals surface area contributed by atoms with E-state index in [1.807, 2.05) is 6.92 Å². The molecule has 84 valence electrons. The van der Waals surface area contributed by atoms with Gasteiger partial charge in [-0.15, -0.1) is 11.3 Å². The second kappa shape index (κ2) is 4.31. The molecular formula is C9H11N5OS. The minimum Gasteiger partial charge on any atom is -0.305 e. The Labute approximate surface area is 96.3 Å². The average molecular weight is 237 g/mol. The van der Waals surface area contributed by atoms with Gasteiger partial charge in [-0.05, 0) is 6.92 Å². The molecule has 0 bridgehead atoms. The van der Waals surface area contributed by atoms with Crippen LogP contribution in [-0.2, 0) is 7.05 Å². The lowest BCUT2D eigenvalue weighted by Gasteiger charge is -2.03. The summed E-state index contributed by atoms with van der Waals surface area (Å²) in [6.07, 6.45) is 3.30. The number of urea groups is 1. The summed E-state index contributed by atoms with van der Waals surface area (Å²) in [6.45, 7) is 1.84. The van der Waals surface area contributed by atoms with Crippen molar-refractivity contribution in [3.63, 3.8) is 0 Å². The predicted octanol–water partition coefficient (Wildman–Crippen LogP) is 1.83. The van der Waals surface area contributed by atoms with Crippen LogP contribution in [0, 0.1) is 6.92 Å². The molecule has 2 amide bonds. The zero-order valence-electron chi connectivity index (χ0n) is 8.89. The topological polar surface area (TPSA) is 71.8 Å². The fourth-order valence-corrected chi connectivity index (χ4v) is 1.86. The van der Waals surface area contributed by atoms with Crippen molar-refractivity contribution < 1.29 is 4.79 Å². The first-order valence-electron chi connectivity index (χ1n) is 4.62. The number of aromatic nitrogens is 3. The first-order valence-corrected chi connectivity index (χ1v) is 5.50. The highest BCUT2D eigenvalue weighted by atomic mass is 32.1. The molecule has 2 N–H and O–H groups in total. The highest BCUT2D eigenvalue weighted by molar-refractivity contribution is 7.14. The number of carbonyl (C=O) groups is 1. The van der Waals surface area contributed by atoms with Gasteiger partial charge in [0.25, 0.3) is 0 Å². The summed E-state index contributed by atoms with van der Waals surface area (Å²) in [5.41, 5.74) is 3.16. The van der Waals surface area contributed by atoms with Crippen LogP contribution in [-0.4, -0.2) is 20.8 Å². The normalized spacial score (nSPS) is 10.1. The van der Waals surface area contributed by atoms with Crippen molar-refractivity contribution in [1.82, 2.24) is 14.8 Å². The summed E-state index contributed by atoms with van der Waals surface area (Å²) in [5.74, 6) is 0. The molecule has 7 heteroatoms. The number of anilines is 2. The summed E-state index contributed by atoms with van der Waals surface area (Å²) >= 11 is 1.39. The van der Waals surface area contributed by atoms with Crippen molar-refractivity contribution in [3.8, 4) is 0 Å². The van der Waals surface area contributed by atoms with E-state index in [4.69, 9.17) is 0 Å². The third-order valence-corrected chi connectivity index (χ3v) is 2.78. The quantitative estimate of drug-likeness (QED) is 0.837. The molecule has 2 rings (SSSR count). The average Bonchev–Trinajstić information content (AvgIpc) is 2.77. The highest BCUT2D eigenvalue weighted by Gasteiger charge is 2.07. The molecule has 2 aromatic heterocycles. The Hall–Kier alpha value is -1.89. The van der Waals surface area contributed by atoms with Crippen LogP contribution in [0.2, 0.25) is 0 Å². The van der Waals surface area contributed by atoms with Crippen molar-refractivity contribution in [2.45, 2.75) is 6.92 Å². The second-order valence-corrected chi connectivity index (χ2v) is 4.10. The fraction of sp³-hybridized carbons (Fsp3) is 0.222. The van der Waals surface area contributed by atoms with E-state index in [-0.39, 0.29) is 6.03 Å². The Kier molecular flexibility index (Phi) is 2.86. The van der Waals surface area contributed by atoms with Crippen LogP contribution in [0.15, 0.2) is 17.9 Å². The lowest BCUT2D eigenvalue weighted by Crippen LogP contribution is -2.18. The molecule has 0 unspecified atom stereocenters. The van der Waals surface area contributed by atoms with Gasteiger partial charge in [0.2, 0.25) is 0 Å². The van der Waals surface area contributed by atoms with Crippen LogP contribution in [0.25, 0.3) is 0 Å². The van der Waals surface area contributed by atoms with E-state index in [0.717, 1.165) is 10.7 Å². The molecule has 16 heavy (non-hydrogen) atoms. The molecule has 2 aromatic rings. The van der Waals surface area contributed by atoms with E-state index in [1.54, 1.807) is 29.6 Å². The van der Waals surface area contributed by atoms with Crippen molar-refractivity contribution in [2.24, 2.45) is 7.05 Å². The third kappa shape index (κ3) is 2.37. The Bertz CT molecular complexity index is 503. The van der Waals surface area contributed by atoms with Crippen LogP contribution in [0.3, 0.4) is 0 Å². The Morgan fingerprint density at radius 3 is 2.88 bits per heavy atom. The molecule has 6 nitrogen and oxygen atoms in total. The molecule has 0 spiro atoms. The molecule has 0 radical (unpaired) electrons. The molecular weight excluding hydrogens is 226 g/mol. The molecule has 0 fully saturated rings. The molecule has 2 heterocycles. The summed E-state index contributed by atoms with van der Waals surface area (Å²) in [5, 5.41) is 10.1. The largest absolute Gasteiger partial charge is 0.324 e. The number of nitrogens with zero attached hydrogens (tertiary/aromatic N) is 3. The Morgan fingerprint density at radius 2 is 2.31 bits per heavy atom. The van der Waals surface area contributed by atoms with Crippen molar-refractivity contribution in [3.05, 3.63) is 23.6 Å². The summed E-state index contributed by atoms with van der Waals surface area (Å²) < 4.78 is 1.62. The number of carbonyl (C=O) groups excluding carboxylic acids is 1. The number of hydrogen-bond donors (Lipinski definition) is 2. The maximum Gasteiger partial charge on any atom is 0.324 e.